The minimum absolute atomic E-state index is 0.0437. The lowest BCUT2D eigenvalue weighted by Gasteiger charge is -2.37. The number of rotatable bonds is 4. The maximum Gasteiger partial charge on any atom is 0.259 e. The number of carbonyl (C=O) groups excluding carboxylic acids is 1. The second-order valence-corrected chi connectivity index (χ2v) is 7.46. The quantitative estimate of drug-likeness (QED) is 0.791. The first kappa shape index (κ1) is 19.4. The molecule has 0 unspecified atom stereocenters. The Balaban J connectivity index is 1.55. The molecular formula is C22H27N3O4. The van der Waals surface area contributed by atoms with Crippen LogP contribution in [0.1, 0.15) is 28.9 Å². The molecule has 1 aromatic heterocycles. The monoisotopic (exact) mass is 397 g/mol. The van der Waals surface area contributed by atoms with Crippen molar-refractivity contribution in [1.82, 2.24) is 9.47 Å². The Hall–Kier alpha value is -2.96. The van der Waals surface area contributed by atoms with Crippen molar-refractivity contribution in [3.05, 3.63) is 51.9 Å². The molecule has 29 heavy (non-hydrogen) atoms. The minimum Gasteiger partial charge on any atom is -0.497 e. The first-order chi connectivity index (χ1) is 14.1. The Morgan fingerprint density at radius 2 is 1.76 bits per heavy atom. The van der Waals surface area contributed by atoms with Gasteiger partial charge in [0.25, 0.3) is 11.5 Å². The molecular weight excluding hydrogens is 370 g/mol. The van der Waals surface area contributed by atoms with Crippen molar-refractivity contribution in [2.24, 2.45) is 0 Å². The summed E-state index contributed by atoms with van der Waals surface area (Å²) >= 11 is 0. The highest BCUT2D eigenvalue weighted by Gasteiger charge is 2.29. The lowest BCUT2D eigenvalue weighted by molar-refractivity contribution is 0.0740. The number of fused-ring (bicyclic) bond motifs is 1. The van der Waals surface area contributed by atoms with Crippen molar-refractivity contribution in [1.29, 1.82) is 0 Å². The lowest BCUT2D eigenvalue weighted by Crippen LogP contribution is -2.49. The highest BCUT2D eigenvalue weighted by molar-refractivity contribution is 5.98. The topological polar surface area (TPSA) is 64.0 Å². The summed E-state index contributed by atoms with van der Waals surface area (Å²) in [5.41, 5.74) is 2.39. The fraction of sp³-hybridized carbons (Fsp3) is 0.455. The predicted molar refractivity (Wildman–Crippen MR) is 111 cm³/mol. The van der Waals surface area contributed by atoms with E-state index in [2.05, 4.69) is 11.0 Å². The summed E-state index contributed by atoms with van der Waals surface area (Å²) in [6.07, 6.45) is 2.68. The van der Waals surface area contributed by atoms with Gasteiger partial charge in [0.2, 0.25) is 0 Å². The van der Waals surface area contributed by atoms with Gasteiger partial charge in [-0.3, -0.25) is 9.59 Å². The van der Waals surface area contributed by atoms with E-state index >= 15 is 0 Å². The van der Waals surface area contributed by atoms with Gasteiger partial charge in [0.1, 0.15) is 17.1 Å². The van der Waals surface area contributed by atoms with Gasteiger partial charge in [-0.15, -0.1) is 0 Å². The number of amides is 1. The van der Waals surface area contributed by atoms with Crippen LogP contribution in [0.3, 0.4) is 0 Å². The Morgan fingerprint density at radius 1 is 0.966 bits per heavy atom. The van der Waals surface area contributed by atoms with Crippen molar-refractivity contribution < 1.29 is 14.3 Å². The van der Waals surface area contributed by atoms with E-state index in [0.29, 0.717) is 30.9 Å². The third kappa shape index (κ3) is 3.69. The van der Waals surface area contributed by atoms with Crippen LogP contribution in [0, 0.1) is 0 Å². The Labute approximate surface area is 170 Å². The van der Waals surface area contributed by atoms with Gasteiger partial charge in [0, 0.05) is 56.2 Å². The largest absolute Gasteiger partial charge is 0.497 e. The summed E-state index contributed by atoms with van der Waals surface area (Å²) in [4.78, 5) is 29.9. The highest BCUT2D eigenvalue weighted by Crippen LogP contribution is 2.28. The number of hydrogen-bond acceptors (Lipinski definition) is 5. The van der Waals surface area contributed by atoms with Crippen LogP contribution in [-0.2, 0) is 13.0 Å². The maximum atomic E-state index is 13.4. The number of pyridine rings is 1. The molecule has 2 aliphatic rings. The van der Waals surface area contributed by atoms with Crippen molar-refractivity contribution >= 4 is 11.6 Å². The van der Waals surface area contributed by atoms with Crippen LogP contribution < -0.4 is 19.9 Å². The summed E-state index contributed by atoms with van der Waals surface area (Å²) in [6.45, 7) is 3.41. The Morgan fingerprint density at radius 3 is 2.48 bits per heavy atom. The third-order valence-corrected chi connectivity index (χ3v) is 5.85. The number of hydrogen-bond donors (Lipinski definition) is 0. The Kier molecular flexibility index (Phi) is 5.47. The molecule has 3 heterocycles. The van der Waals surface area contributed by atoms with E-state index in [0.717, 1.165) is 49.5 Å². The Bertz CT molecular complexity index is 961. The number of anilines is 1. The standard InChI is InChI=1S/C22H27N3O4/c1-28-17-7-5-6-16(14-17)23-10-12-24(13-11-23)22(27)21-18-8-3-4-9-25(18)20(26)15-19(21)29-2/h5-7,14-15H,3-4,8-13H2,1-2H3. The summed E-state index contributed by atoms with van der Waals surface area (Å²) < 4.78 is 12.5. The van der Waals surface area contributed by atoms with Crippen LogP contribution in [0.25, 0.3) is 0 Å². The van der Waals surface area contributed by atoms with E-state index in [1.807, 2.05) is 23.1 Å². The molecule has 1 saturated heterocycles. The zero-order valence-corrected chi connectivity index (χ0v) is 17.0. The molecule has 0 bridgehead atoms. The summed E-state index contributed by atoms with van der Waals surface area (Å²) in [6, 6.07) is 9.43. The number of piperazine rings is 1. The number of ether oxygens (including phenoxy) is 2. The van der Waals surface area contributed by atoms with Gasteiger partial charge in [-0.05, 0) is 31.4 Å². The van der Waals surface area contributed by atoms with E-state index in [-0.39, 0.29) is 11.5 Å². The van der Waals surface area contributed by atoms with Gasteiger partial charge in [-0.2, -0.15) is 0 Å². The van der Waals surface area contributed by atoms with E-state index in [1.54, 1.807) is 11.7 Å². The van der Waals surface area contributed by atoms with E-state index in [4.69, 9.17) is 9.47 Å². The van der Waals surface area contributed by atoms with Gasteiger partial charge in [-0.25, -0.2) is 0 Å². The molecule has 154 valence electrons. The van der Waals surface area contributed by atoms with Crippen LogP contribution in [0.2, 0.25) is 0 Å². The van der Waals surface area contributed by atoms with Gasteiger partial charge in [-0.1, -0.05) is 6.07 Å². The van der Waals surface area contributed by atoms with Gasteiger partial charge in [0.15, 0.2) is 0 Å². The minimum atomic E-state index is -0.0871. The van der Waals surface area contributed by atoms with E-state index in [1.165, 1.54) is 13.2 Å². The molecule has 0 spiro atoms. The van der Waals surface area contributed by atoms with Crippen molar-refractivity contribution in [2.75, 3.05) is 45.3 Å². The normalized spacial score (nSPS) is 16.3. The smallest absolute Gasteiger partial charge is 0.259 e. The first-order valence-electron chi connectivity index (χ1n) is 10.1. The summed E-state index contributed by atoms with van der Waals surface area (Å²) in [5, 5.41) is 0. The van der Waals surface area contributed by atoms with Crippen molar-refractivity contribution in [3.63, 3.8) is 0 Å². The molecule has 0 aliphatic carbocycles. The molecule has 0 radical (unpaired) electrons. The highest BCUT2D eigenvalue weighted by atomic mass is 16.5. The zero-order chi connectivity index (χ0) is 20.4. The lowest BCUT2D eigenvalue weighted by atomic mass is 10.0. The number of methoxy groups -OCH3 is 2. The molecule has 0 saturated carbocycles. The van der Waals surface area contributed by atoms with E-state index in [9.17, 15) is 9.59 Å². The number of nitrogens with zero attached hydrogens (tertiary/aromatic N) is 3. The molecule has 0 atom stereocenters. The maximum absolute atomic E-state index is 13.4. The molecule has 7 nitrogen and oxygen atoms in total. The third-order valence-electron chi connectivity index (χ3n) is 5.85. The van der Waals surface area contributed by atoms with Gasteiger partial charge >= 0.3 is 0 Å². The fourth-order valence-electron chi connectivity index (χ4n) is 4.26. The number of carbonyl (C=O) groups is 1. The van der Waals surface area contributed by atoms with E-state index < -0.39 is 0 Å². The molecule has 7 heteroatoms. The van der Waals surface area contributed by atoms with Crippen LogP contribution in [-0.4, -0.2) is 55.8 Å². The first-order valence-corrected chi connectivity index (χ1v) is 10.1. The van der Waals surface area contributed by atoms with Crippen molar-refractivity contribution in [2.45, 2.75) is 25.8 Å². The average molecular weight is 397 g/mol. The van der Waals surface area contributed by atoms with Crippen LogP contribution in [0.15, 0.2) is 35.1 Å². The number of benzene rings is 1. The molecule has 1 amide bonds. The average Bonchev–Trinajstić information content (AvgIpc) is 2.78. The van der Waals surface area contributed by atoms with Gasteiger partial charge < -0.3 is 23.8 Å². The molecule has 0 N–H and O–H groups in total. The second kappa shape index (κ2) is 8.19. The fourth-order valence-corrected chi connectivity index (χ4v) is 4.26. The van der Waals surface area contributed by atoms with Crippen LogP contribution in [0.5, 0.6) is 11.5 Å². The van der Waals surface area contributed by atoms with Crippen molar-refractivity contribution in [3.8, 4) is 11.5 Å². The number of aromatic nitrogens is 1. The van der Waals surface area contributed by atoms with Crippen LogP contribution in [0.4, 0.5) is 5.69 Å². The molecule has 1 aromatic carbocycles. The zero-order valence-electron chi connectivity index (χ0n) is 17.0. The molecule has 1 fully saturated rings. The predicted octanol–water partition coefficient (Wildman–Crippen LogP) is 2.16. The summed E-state index contributed by atoms with van der Waals surface area (Å²) in [5.74, 6) is 1.17. The van der Waals surface area contributed by atoms with Crippen LogP contribution >= 0.6 is 0 Å². The van der Waals surface area contributed by atoms with Gasteiger partial charge in [0.05, 0.1) is 14.2 Å². The summed E-state index contributed by atoms with van der Waals surface area (Å²) in [7, 11) is 3.18. The molecule has 2 aliphatic heterocycles. The second-order valence-electron chi connectivity index (χ2n) is 7.46. The SMILES string of the molecule is COc1cccc(N2CCN(C(=O)c3c(OC)cc(=O)n4c3CCCC4)CC2)c1. The molecule has 4 rings (SSSR count). The molecule has 2 aromatic rings.